The van der Waals surface area contributed by atoms with E-state index in [2.05, 4.69) is 27.3 Å². The number of nitrogens with one attached hydrogen (secondary N) is 3. The van der Waals surface area contributed by atoms with Gasteiger partial charge in [-0.25, -0.2) is 4.99 Å². The van der Waals surface area contributed by atoms with Crippen molar-refractivity contribution in [2.24, 2.45) is 15.7 Å². The molecule has 0 heterocycles. The van der Waals surface area contributed by atoms with Crippen molar-refractivity contribution in [3.63, 3.8) is 0 Å². The number of nitrogens with zero attached hydrogens (tertiary/aromatic N) is 2. The predicted molar refractivity (Wildman–Crippen MR) is 138 cm³/mol. The maximum Gasteiger partial charge on any atom is 0.255 e. The van der Waals surface area contributed by atoms with Gasteiger partial charge in [0.25, 0.3) is 5.91 Å². The van der Waals surface area contributed by atoms with E-state index in [1.807, 2.05) is 0 Å². The Kier molecular flexibility index (Phi) is 7.80. The number of carbonyl (C=O) groups excluding carboxylic acids is 2. The SMILES string of the molecule is C=NC(=N)c1ccc(NC(=O)/C=C/c2ccc(C(=O)Nc3ccc(C(N)=NC)cc3)cc2)cc1. The van der Waals surface area contributed by atoms with Crippen LogP contribution < -0.4 is 16.4 Å². The molecule has 8 nitrogen and oxygen atoms in total. The van der Waals surface area contributed by atoms with Gasteiger partial charge in [0.15, 0.2) is 5.84 Å². The number of carbonyl (C=O) groups is 2. The lowest BCUT2D eigenvalue weighted by Gasteiger charge is -2.07. The number of hydrogen-bond donors (Lipinski definition) is 4. The molecule has 2 amide bonds. The van der Waals surface area contributed by atoms with E-state index in [0.29, 0.717) is 28.3 Å². The van der Waals surface area contributed by atoms with E-state index in [4.69, 9.17) is 11.1 Å². The summed E-state index contributed by atoms with van der Waals surface area (Å²) in [6.07, 6.45) is 3.06. The maximum atomic E-state index is 12.5. The van der Waals surface area contributed by atoms with E-state index < -0.39 is 0 Å². The molecule has 8 heteroatoms. The Morgan fingerprint density at radius 2 is 1.38 bits per heavy atom. The van der Waals surface area contributed by atoms with Crippen LogP contribution in [0.3, 0.4) is 0 Å². The molecule has 0 atom stereocenters. The quantitative estimate of drug-likeness (QED) is 0.246. The number of hydrogen-bond acceptors (Lipinski definition) is 4. The van der Waals surface area contributed by atoms with Crippen LogP contribution in [-0.2, 0) is 4.79 Å². The van der Waals surface area contributed by atoms with Crippen LogP contribution in [0.2, 0.25) is 0 Å². The minimum atomic E-state index is -0.302. The number of rotatable bonds is 7. The van der Waals surface area contributed by atoms with Crippen molar-refractivity contribution in [2.45, 2.75) is 0 Å². The minimum absolute atomic E-state index is 0.0694. The van der Waals surface area contributed by atoms with Crippen molar-refractivity contribution in [3.8, 4) is 0 Å². The monoisotopic (exact) mass is 452 g/mol. The molecular weight excluding hydrogens is 428 g/mol. The van der Waals surface area contributed by atoms with Gasteiger partial charge in [-0.3, -0.25) is 20.0 Å². The van der Waals surface area contributed by atoms with Gasteiger partial charge < -0.3 is 16.4 Å². The molecule has 170 valence electrons. The van der Waals surface area contributed by atoms with E-state index in [1.165, 1.54) is 6.08 Å². The summed E-state index contributed by atoms with van der Waals surface area (Å²) < 4.78 is 0. The third-order valence-electron chi connectivity index (χ3n) is 4.86. The standard InChI is InChI=1S/C26H24N6O2/c1-29-24(27)18-8-12-21(13-9-18)31-23(33)16-5-17-3-6-20(7-4-17)26(34)32-22-14-10-19(11-15-22)25(28)30-2/h3-16,27H,1H2,2H3,(H2,28,30)(H,31,33)(H,32,34)/b16-5+,27-24?. The van der Waals surface area contributed by atoms with E-state index in [-0.39, 0.29) is 17.6 Å². The second-order valence-electron chi connectivity index (χ2n) is 7.17. The number of aliphatic imine (C=N–C) groups is 2. The van der Waals surface area contributed by atoms with Crippen LogP contribution in [-0.4, -0.2) is 37.3 Å². The predicted octanol–water partition coefficient (Wildman–Crippen LogP) is 3.95. The van der Waals surface area contributed by atoms with Crippen molar-refractivity contribution in [1.29, 1.82) is 5.41 Å². The van der Waals surface area contributed by atoms with Gasteiger partial charge in [-0.1, -0.05) is 12.1 Å². The summed E-state index contributed by atoms with van der Waals surface area (Å²) in [6.45, 7) is 3.32. The highest BCUT2D eigenvalue weighted by Gasteiger charge is 2.07. The van der Waals surface area contributed by atoms with Crippen LogP contribution in [0, 0.1) is 5.41 Å². The number of amidine groups is 2. The number of anilines is 2. The van der Waals surface area contributed by atoms with E-state index in [0.717, 1.165) is 11.1 Å². The topological polar surface area (TPSA) is 133 Å². The average Bonchev–Trinajstić information content (AvgIpc) is 2.87. The van der Waals surface area contributed by atoms with Crippen molar-refractivity contribution >= 4 is 47.7 Å². The highest BCUT2D eigenvalue weighted by atomic mass is 16.2. The van der Waals surface area contributed by atoms with Crippen molar-refractivity contribution < 1.29 is 9.59 Å². The molecule has 0 spiro atoms. The molecular formula is C26H24N6O2. The Morgan fingerprint density at radius 3 is 1.94 bits per heavy atom. The molecule has 3 aromatic rings. The molecule has 3 rings (SSSR count). The minimum Gasteiger partial charge on any atom is -0.384 e. The highest BCUT2D eigenvalue weighted by molar-refractivity contribution is 6.05. The molecule has 0 aliphatic rings. The molecule has 0 radical (unpaired) electrons. The zero-order valence-electron chi connectivity index (χ0n) is 18.6. The van der Waals surface area contributed by atoms with E-state index >= 15 is 0 Å². The van der Waals surface area contributed by atoms with E-state index in [9.17, 15) is 9.59 Å². The lowest BCUT2D eigenvalue weighted by atomic mass is 10.1. The fourth-order valence-electron chi connectivity index (χ4n) is 2.96. The molecule has 0 bridgehead atoms. The summed E-state index contributed by atoms with van der Waals surface area (Å²) in [5.74, 6) is -0.0551. The van der Waals surface area contributed by atoms with Crippen LogP contribution in [0.1, 0.15) is 27.0 Å². The third-order valence-corrected chi connectivity index (χ3v) is 4.86. The summed E-state index contributed by atoms with van der Waals surface area (Å²) in [4.78, 5) is 32.2. The Hall–Kier alpha value is -4.85. The third kappa shape index (κ3) is 6.33. The average molecular weight is 453 g/mol. The van der Waals surface area contributed by atoms with Gasteiger partial charge in [-0.15, -0.1) is 0 Å². The van der Waals surface area contributed by atoms with Crippen molar-refractivity contribution in [2.75, 3.05) is 17.7 Å². The number of benzene rings is 3. The lowest BCUT2D eigenvalue weighted by molar-refractivity contribution is -0.111. The van der Waals surface area contributed by atoms with Gasteiger partial charge in [-0.05, 0) is 79.0 Å². The molecule has 3 aromatic carbocycles. The first-order chi connectivity index (χ1) is 16.4. The maximum absolute atomic E-state index is 12.5. The molecule has 0 saturated heterocycles. The Bertz CT molecular complexity index is 1260. The molecule has 0 aliphatic heterocycles. The molecule has 34 heavy (non-hydrogen) atoms. The molecule has 0 unspecified atom stereocenters. The largest absolute Gasteiger partial charge is 0.384 e. The fraction of sp³-hybridized carbons (Fsp3) is 0.0385. The smallest absolute Gasteiger partial charge is 0.255 e. The summed E-state index contributed by atoms with van der Waals surface area (Å²) in [6, 6.07) is 20.7. The van der Waals surface area contributed by atoms with Crippen LogP contribution >= 0.6 is 0 Å². The van der Waals surface area contributed by atoms with E-state index in [1.54, 1.807) is 85.9 Å². The van der Waals surface area contributed by atoms with Crippen LogP contribution in [0.4, 0.5) is 11.4 Å². The van der Waals surface area contributed by atoms with Crippen LogP contribution in [0.25, 0.3) is 6.08 Å². The van der Waals surface area contributed by atoms with Gasteiger partial charge in [0.1, 0.15) is 5.84 Å². The molecule has 0 saturated carbocycles. The van der Waals surface area contributed by atoms with Crippen LogP contribution in [0.15, 0.2) is 88.9 Å². The second kappa shape index (κ2) is 11.1. The summed E-state index contributed by atoms with van der Waals surface area (Å²) in [5.41, 5.74) is 9.66. The summed E-state index contributed by atoms with van der Waals surface area (Å²) in [5, 5.41) is 13.2. The zero-order valence-corrected chi connectivity index (χ0v) is 18.6. The van der Waals surface area contributed by atoms with Crippen molar-refractivity contribution in [1.82, 2.24) is 0 Å². The van der Waals surface area contributed by atoms with Crippen molar-refractivity contribution in [3.05, 3.63) is 101 Å². The Morgan fingerprint density at radius 1 is 0.853 bits per heavy atom. The summed E-state index contributed by atoms with van der Waals surface area (Å²) >= 11 is 0. The van der Waals surface area contributed by atoms with Gasteiger partial charge in [0.05, 0.1) is 0 Å². The summed E-state index contributed by atoms with van der Waals surface area (Å²) in [7, 11) is 1.62. The molecule has 0 aliphatic carbocycles. The molecule has 0 fully saturated rings. The normalized spacial score (nSPS) is 11.1. The highest BCUT2D eigenvalue weighted by Crippen LogP contribution is 2.14. The second-order valence-corrected chi connectivity index (χ2v) is 7.17. The Balaban J connectivity index is 1.56. The Labute approximate surface area is 197 Å². The van der Waals surface area contributed by atoms with Gasteiger partial charge in [-0.2, -0.15) is 0 Å². The lowest BCUT2D eigenvalue weighted by Crippen LogP contribution is -2.14. The first-order valence-electron chi connectivity index (χ1n) is 10.3. The first kappa shape index (κ1) is 23.8. The number of nitrogens with two attached hydrogens (primary N) is 1. The molecule has 5 N–H and O–H groups in total. The van der Waals surface area contributed by atoms with Crippen LogP contribution in [0.5, 0.6) is 0 Å². The molecule has 0 aromatic heterocycles. The fourth-order valence-corrected chi connectivity index (χ4v) is 2.96. The van der Waals surface area contributed by atoms with Gasteiger partial charge in [0, 0.05) is 41.2 Å². The van der Waals surface area contributed by atoms with Gasteiger partial charge >= 0.3 is 0 Å². The van der Waals surface area contributed by atoms with Gasteiger partial charge in [0.2, 0.25) is 5.91 Å². The zero-order chi connectivity index (χ0) is 24.5. The number of amides is 2. The first-order valence-corrected chi connectivity index (χ1v) is 10.3.